The molecule has 0 saturated heterocycles. The lowest BCUT2D eigenvalue weighted by Crippen LogP contribution is -2.15. The fraction of sp³-hybridized carbons (Fsp3) is 0.188. The Bertz CT molecular complexity index is 926. The van der Waals surface area contributed by atoms with Crippen molar-refractivity contribution in [1.82, 2.24) is 14.6 Å². The highest BCUT2D eigenvalue weighted by Gasteiger charge is 2.13. The van der Waals surface area contributed by atoms with E-state index < -0.39 is 0 Å². The molecule has 1 aromatic carbocycles. The minimum absolute atomic E-state index is 0.114. The summed E-state index contributed by atoms with van der Waals surface area (Å²) in [5.41, 5.74) is 3.50. The van der Waals surface area contributed by atoms with Crippen molar-refractivity contribution in [3.8, 4) is 0 Å². The van der Waals surface area contributed by atoms with Gasteiger partial charge in [0.1, 0.15) is 0 Å². The number of fused-ring (bicyclic) bond motifs is 1. The van der Waals surface area contributed by atoms with E-state index in [2.05, 4.69) is 15.5 Å². The summed E-state index contributed by atoms with van der Waals surface area (Å²) in [6.45, 7) is 3.98. The Balaban J connectivity index is 1.70. The summed E-state index contributed by atoms with van der Waals surface area (Å²) < 4.78 is 1.68. The van der Waals surface area contributed by atoms with Crippen molar-refractivity contribution < 1.29 is 4.79 Å². The number of amides is 1. The quantitative estimate of drug-likeness (QED) is 0.682. The molecule has 0 aliphatic carbocycles. The van der Waals surface area contributed by atoms with Crippen molar-refractivity contribution >= 4 is 52.2 Å². The summed E-state index contributed by atoms with van der Waals surface area (Å²) in [5.74, 6) is 0.0925. The van der Waals surface area contributed by atoms with Gasteiger partial charge in [-0.05, 0) is 31.5 Å². The number of carbonyl (C=O) groups excluding carboxylic acids is 1. The van der Waals surface area contributed by atoms with E-state index in [-0.39, 0.29) is 11.7 Å². The van der Waals surface area contributed by atoms with Crippen LogP contribution >= 0.6 is 35.0 Å². The van der Waals surface area contributed by atoms with Gasteiger partial charge >= 0.3 is 0 Å². The van der Waals surface area contributed by atoms with Crippen LogP contribution in [-0.4, -0.2) is 26.3 Å². The Kier molecular flexibility index (Phi) is 4.99. The minimum Gasteiger partial charge on any atom is -0.325 e. The largest absolute Gasteiger partial charge is 0.325 e. The normalized spacial score (nSPS) is 11.0. The summed E-state index contributed by atoms with van der Waals surface area (Å²) in [6, 6.07) is 7.50. The van der Waals surface area contributed by atoms with E-state index in [1.807, 2.05) is 32.0 Å². The van der Waals surface area contributed by atoms with Gasteiger partial charge in [0.25, 0.3) is 0 Å². The van der Waals surface area contributed by atoms with Gasteiger partial charge in [0.05, 0.1) is 15.8 Å². The maximum absolute atomic E-state index is 12.2. The molecule has 0 unspecified atom stereocenters. The van der Waals surface area contributed by atoms with E-state index in [1.165, 1.54) is 11.8 Å². The first-order valence-electron chi connectivity index (χ1n) is 7.14. The number of nitrogens with one attached hydrogen (secondary N) is 1. The molecule has 0 aliphatic heterocycles. The second kappa shape index (κ2) is 7.01. The average molecular weight is 381 g/mol. The van der Waals surface area contributed by atoms with Crippen LogP contribution in [0.25, 0.3) is 5.65 Å². The molecule has 0 spiro atoms. The summed E-state index contributed by atoms with van der Waals surface area (Å²) in [5, 5.41) is 12.4. The van der Waals surface area contributed by atoms with Gasteiger partial charge in [-0.2, -0.15) is 0 Å². The third-order valence-corrected chi connectivity index (χ3v) is 4.81. The number of halogens is 2. The fourth-order valence-electron chi connectivity index (χ4n) is 2.27. The maximum Gasteiger partial charge on any atom is 0.234 e. The third kappa shape index (κ3) is 3.66. The highest BCUT2D eigenvalue weighted by atomic mass is 35.5. The lowest BCUT2D eigenvalue weighted by molar-refractivity contribution is -0.113. The van der Waals surface area contributed by atoms with Gasteiger partial charge in [0.2, 0.25) is 5.91 Å². The molecule has 0 aliphatic rings. The van der Waals surface area contributed by atoms with Gasteiger partial charge in [0, 0.05) is 11.9 Å². The molecule has 2 heterocycles. The molecule has 1 N–H and O–H groups in total. The van der Waals surface area contributed by atoms with Crippen LogP contribution in [0.2, 0.25) is 10.0 Å². The first kappa shape index (κ1) is 17.1. The highest BCUT2D eigenvalue weighted by Crippen LogP contribution is 2.25. The lowest BCUT2D eigenvalue weighted by Gasteiger charge is -2.08. The van der Waals surface area contributed by atoms with Crippen LogP contribution in [0.3, 0.4) is 0 Å². The van der Waals surface area contributed by atoms with Crippen LogP contribution in [0.4, 0.5) is 5.69 Å². The molecule has 0 saturated carbocycles. The number of pyridine rings is 1. The smallest absolute Gasteiger partial charge is 0.234 e. The number of aryl methyl sites for hydroxylation is 2. The zero-order valence-corrected chi connectivity index (χ0v) is 15.3. The Labute approximate surface area is 153 Å². The first-order chi connectivity index (χ1) is 11.4. The van der Waals surface area contributed by atoms with Crippen molar-refractivity contribution in [2.45, 2.75) is 19.0 Å². The van der Waals surface area contributed by atoms with E-state index in [4.69, 9.17) is 23.2 Å². The van der Waals surface area contributed by atoms with Crippen molar-refractivity contribution in [2.24, 2.45) is 0 Å². The van der Waals surface area contributed by atoms with E-state index in [9.17, 15) is 4.79 Å². The zero-order chi connectivity index (χ0) is 17.3. The van der Waals surface area contributed by atoms with Gasteiger partial charge in [-0.25, -0.2) is 0 Å². The minimum atomic E-state index is -0.114. The molecule has 5 nitrogen and oxygen atoms in total. The Morgan fingerprint density at radius 2 is 2.04 bits per heavy atom. The number of benzene rings is 1. The van der Waals surface area contributed by atoms with Crippen molar-refractivity contribution in [1.29, 1.82) is 0 Å². The van der Waals surface area contributed by atoms with Gasteiger partial charge in [-0.1, -0.05) is 52.7 Å². The second-order valence-corrected chi connectivity index (χ2v) is 7.12. The molecule has 0 bridgehead atoms. The summed E-state index contributed by atoms with van der Waals surface area (Å²) >= 11 is 13.4. The molecule has 2 aromatic heterocycles. The van der Waals surface area contributed by atoms with Crippen molar-refractivity contribution in [3.05, 3.63) is 51.6 Å². The van der Waals surface area contributed by atoms with E-state index in [0.29, 0.717) is 20.8 Å². The SMILES string of the molecule is Cc1ccc(NC(=O)CSc2nnc3c(Cl)cc(Cl)cn23)c(C)c1. The third-order valence-electron chi connectivity index (χ3n) is 3.38. The van der Waals surface area contributed by atoms with Crippen LogP contribution < -0.4 is 5.32 Å². The monoisotopic (exact) mass is 380 g/mol. The molecule has 24 heavy (non-hydrogen) atoms. The van der Waals surface area contributed by atoms with Gasteiger partial charge in [-0.3, -0.25) is 9.20 Å². The lowest BCUT2D eigenvalue weighted by atomic mass is 10.1. The van der Waals surface area contributed by atoms with Gasteiger partial charge in [0.15, 0.2) is 10.8 Å². The van der Waals surface area contributed by atoms with Crippen molar-refractivity contribution in [2.75, 3.05) is 11.1 Å². The molecule has 3 aromatic rings. The topological polar surface area (TPSA) is 59.3 Å². The maximum atomic E-state index is 12.2. The molecular formula is C16H14Cl2N4OS. The average Bonchev–Trinajstić information content (AvgIpc) is 2.91. The molecule has 8 heteroatoms. The van der Waals surface area contributed by atoms with Crippen LogP contribution in [0.15, 0.2) is 35.6 Å². The highest BCUT2D eigenvalue weighted by molar-refractivity contribution is 7.99. The Morgan fingerprint density at radius 3 is 2.79 bits per heavy atom. The van der Waals surface area contributed by atoms with Crippen LogP contribution in [-0.2, 0) is 4.79 Å². The van der Waals surface area contributed by atoms with E-state index >= 15 is 0 Å². The number of thioether (sulfide) groups is 1. The first-order valence-corrected chi connectivity index (χ1v) is 8.88. The molecule has 0 atom stereocenters. The number of nitrogens with zero attached hydrogens (tertiary/aromatic N) is 3. The molecule has 3 rings (SSSR count). The summed E-state index contributed by atoms with van der Waals surface area (Å²) in [7, 11) is 0. The predicted molar refractivity (Wildman–Crippen MR) is 98.3 cm³/mol. The predicted octanol–water partition coefficient (Wildman–Crippen LogP) is 4.38. The number of rotatable bonds is 4. The zero-order valence-electron chi connectivity index (χ0n) is 13.0. The molecule has 124 valence electrons. The van der Waals surface area contributed by atoms with Crippen molar-refractivity contribution in [3.63, 3.8) is 0 Å². The fourth-order valence-corrected chi connectivity index (χ4v) is 3.49. The number of hydrogen-bond acceptors (Lipinski definition) is 4. The van der Waals surface area contributed by atoms with E-state index in [1.54, 1.807) is 16.7 Å². The van der Waals surface area contributed by atoms with Crippen LogP contribution in [0.1, 0.15) is 11.1 Å². The molecule has 1 amide bonds. The van der Waals surface area contributed by atoms with Crippen LogP contribution in [0, 0.1) is 13.8 Å². The van der Waals surface area contributed by atoms with Gasteiger partial charge in [-0.15, -0.1) is 10.2 Å². The van der Waals surface area contributed by atoms with Gasteiger partial charge < -0.3 is 5.32 Å². The second-order valence-electron chi connectivity index (χ2n) is 5.34. The number of carbonyl (C=O) groups is 1. The van der Waals surface area contributed by atoms with E-state index in [0.717, 1.165) is 16.8 Å². The standard InChI is InChI=1S/C16H14Cl2N4OS/c1-9-3-4-13(10(2)5-9)19-14(23)8-24-16-21-20-15-12(18)6-11(17)7-22(15)16/h3-7H,8H2,1-2H3,(H,19,23). The number of aromatic nitrogens is 3. The van der Waals surface area contributed by atoms with Crippen LogP contribution in [0.5, 0.6) is 0 Å². The Hall–Kier alpha value is -1.76. The number of anilines is 1. The molecular weight excluding hydrogens is 367 g/mol. The number of hydrogen-bond donors (Lipinski definition) is 1. The molecule has 0 fully saturated rings. The summed E-state index contributed by atoms with van der Waals surface area (Å²) in [6.07, 6.45) is 1.67. The summed E-state index contributed by atoms with van der Waals surface area (Å²) in [4.78, 5) is 12.2. The molecule has 0 radical (unpaired) electrons. The Morgan fingerprint density at radius 1 is 1.25 bits per heavy atom.